The van der Waals surface area contributed by atoms with Gasteiger partial charge in [0.1, 0.15) is 6.10 Å². The fraction of sp³-hybridized carbons (Fsp3) is 0.800. The summed E-state index contributed by atoms with van der Waals surface area (Å²) in [5, 5.41) is 0. The highest BCUT2D eigenvalue weighted by molar-refractivity contribution is 5.75. The Bertz CT molecular complexity index is 1180. The standard InChI is InChI=1S/C35H52N2O4/c1-20-9-14-35(39-19-20)21(2)32-30(41-35)18-28-26-8-6-23-16-25(10-12-33(23,3)27(26)11-13-34(28,32)4)40-31(38)15-22-5-7-24(36)17-29(22)37/h5,7,17,20-21,23,25-28,30,32H,6,8-16,18-19,36-37H2,1-4H3. The number of nitrogen functional groups attached to an aromatic ring is 2. The molecule has 1 aromatic carbocycles. The Labute approximate surface area is 246 Å². The predicted molar refractivity (Wildman–Crippen MR) is 161 cm³/mol. The van der Waals surface area contributed by atoms with Gasteiger partial charge in [-0.15, -0.1) is 0 Å². The van der Waals surface area contributed by atoms with E-state index in [1.807, 2.05) is 6.07 Å². The highest BCUT2D eigenvalue weighted by Gasteiger charge is 2.69. The zero-order valence-electron chi connectivity index (χ0n) is 25.7. The van der Waals surface area contributed by atoms with E-state index in [1.165, 1.54) is 44.9 Å². The molecule has 2 heterocycles. The molecule has 6 fully saturated rings. The number of ether oxygens (including phenoxy) is 3. The van der Waals surface area contributed by atoms with Crippen molar-refractivity contribution in [2.24, 2.45) is 52.3 Å². The molecule has 41 heavy (non-hydrogen) atoms. The maximum atomic E-state index is 12.9. The molecule has 7 rings (SSSR count). The number of benzene rings is 1. The van der Waals surface area contributed by atoms with Crippen LogP contribution >= 0.6 is 0 Å². The van der Waals surface area contributed by atoms with Gasteiger partial charge in [0.15, 0.2) is 5.79 Å². The van der Waals surface area contributed by atoms with Gasteiger partial charge < -0.3 is 25.7 Å². The Balaban J connectivity index is 1.01. The number of rotatable bonds is 3. The Morgan fingerprint density at radius 1 is 0.976 bits per heavy atom. The summed E-state index contributed by atoms with van der Waals surface area (Å²) in [5.41, 5.74) is 14.6. The van der Waals surface area contributed by atoms with Crippen molar-refractivity contribution in [1.82, 2.24) is 0 Å². The van der Waals surface area contributed by atoms with Gasteiger partial charge in [0.05, 0.1) is 19.1 Å². The minimum atomic E-state index is -0.328. The van der Waals surface area contributed by atoms with E-state index in [2.05, 4.69) is 27.7 Å². The molecule has 226 valence electrons. The molecule has 0 radical (unpaired) electrons. The van der Waals surface area contributed by atoms with Crippen molar-refractivity contribution in [3.63, 3.8) is 0 Å². The maximum Gasteiger partial charge on any atom is 0.310 e. The van der Waals surface area contributed by atoms with Gasteiger partial charge >= 0.3 is 5.97 Å². The summed E-state index contributed by atoms with van der Waals surface area (Å²) in [6.45, 7) is 10.8. The van der Waals surface area contributed by atoms with E-state index in [-0.39, 0.29) is 24.3 Å². The lowest BCUT2D eigenvalue weighted by Crippen LogP contribution is -2.55. The third kappa shape index (κ3) is 4.36. The molecule has 2 aliphatic heterocycles. The molecule has 12 unspecified atom stereocenters. The normalized spacial score (nSPS) is 48.6. The van der Waals surface area contributed by atoms with Gasteiger partial charge in [-0.3, -0.25) is 4.79 Å². The third-order valence-corrected chi connectivity index (χ3v) is 13.7. The molecule has 6 aliphatic rings. The first-order valence-electron chi connectivity index (χ1n) is 16.7. The van der Waals surface area contributed by atoms with E-state index >= 15 is 0 Å². The number of hydrogen-bond donors (Lipinski definition) is 2. The van der Waals surface area contributed by atoms with Crippen LogP contribution in [0.25, 0.3) is 0 Å². The van der Waals surface area contributed by atoms with Gasteiger partial charge in [-0.1, -0.05) is 33.8 Å². The fourth-order valence-corrected chi connectivity index (χ4v) is 11.5. The molecule has 1 spiro atoms. The number of anilines is 2. The smallest absolute Gasteiger partial charge is 0.310 e. The van der Waals surface area contributed by atoms with E-state index in [0.29, 0.717) is 52.0 Å². The number of carbonyl (C=O) groups is 1. The molecule has 0 bridgehead atoms. The summed E-state index contributed by atoms with van der Waals surface area (Å²) in [6, 6.07) is 5.35. The average molecular weight is 565 g/mol. The first-order chi connectivity index (χ1) is 19.5. The monoisotopic (exact) mass is 564 g/mol. The lowest BCUT2D eigenvalue weighted by molar-refractivity contribution is -0.273. The molecule has 12 atom stereocenters. The molecule has 4 aliphatic carbocycles. The van der Waals surface area contributed by atoms with Crippen molar-refractivity contribution in [1.29, 1.82) is 0 Å². The zero-order valence-corrected chi connectivity index (χ0v) is 25.7. The quantitative estimate of drug-likeness (QED) is 0.311. The second kappa shape index (κ2) is 9.87. The van der Waals surface area contributed by atoms with Crippen molar-refractivity contribution >= 4 is 17.3 Å². The number of fused-ring (bicyclic) bond motifs is 7. The van der Waals surface area contributed by atoms with Crippen LogP contribution in [-0.4, -0.2) is 30.6 Å². The lowest BCUT2D eigenvalue weighted by Gasteiger charge is -2.61. The fourth-order valence-electron chi connectivity index (χ4n) is 11.5. The first kappa shape index (κ1) is 28.0. The van der Waals surface area contributed by atoms with Crippen LogP contribution in [0.15, 0.2) is 18.2 Å². The third-order valence-electron chi connectivity index (χ3n) is 13.7. The summed E-state index contributed by atoms with van der Waals surface area (Å²) in [6.07, 6.45) is 12.5. The van der Waals surface area contributed by atoms with Crippen molar-refractivity contribution in [2.45, 2.75) is 116 Å². The van der Waals surface area contributed by atoms with Crippen LogP contribution in [0.2, 0.25) is 0 Å². The van der Waals surface area contributed by atoms with Gasteiger partial charge in [-0.2, -0.15) is 0 Å². The van der Waals surface area contributed by atoms with E-state index in [4.69, 9.17) is 25.7 Å². The topological polar surface area (TPSA) is 96.8 Å². The van der Waals surface area contributed by atoms with Crippen molar-refractivity contribution in [3.05, 3.63) is 23.8 Å². The summed E-state index contributed by atoms with van der Waals surface area (Å²) < 4.78 is 19.5. The predicted octanol–water partition coefficient (Wildman–Crippen LogP) is 6.75. The molecule has 6 heteroatoms. The summed E-state index contributed by atoms with van der Waals surface area (Å²) in [5.74, 6) is 4.23. The largest absolute Gasteiger partial charge is 0.462 e. The Kier molecular flexibility index (Phi) is 6.74. The van der Waals surface area contributed by atoms with Gasteiger partial charge in [-0.25, -0.2) is 0 Å². The van der Waals surface area contributed by atoms with Gasteiger partial charge in [0, 0.05) is 23.7 Å². The SMILES string of the molecule is CC1CCC2(OC1)OC1CC3C4CCC5CC(OC(=O)Cc6ccc(N)cc6N)CCC5(C)C4CCC3(C)C1C2C. The minimum absolute atomic E-state index is 0.0236. The van der Waals surface area contributed by atoms with Crippen LogP contribution < -0.4 is 11.5 Å². The second-order valence-corrected chi connectivity index (χ2v) is 15.7. The van der Waals surface area contributed by atoms with Crippen LogP contribution in [0, 0.1) is 52.3 Å². The minimum Gasteiger partial charge on any atom is -0.462 e. The highest BCUT2D eigenvalue weighted by atomic mass is 16.7. The molecular weight excluding hydrogens is 512 g/mol. The Morgan fingerprint density at radius 2 is 1.78 bits per heavy atom. The molecule has 0 amide bonds. The molecule has 4 saturated carbocycles. The van der Waals surface area contributed by atoms with Crippen LogP contribution in [0.1, 0.15) is 97.5 Å². The second-order valence-electron chi connectivity index (χ2n) is 15.7. The Morgan fingerprint density at radius 3 is 2.54 bits per heavy atom. The average Bonchev–Trinajstić information content (AvgIpc) is 3.37. The summed E-state index contributed by atoms with van der Waals surface area (Å²) in [7, 11) is 0. The van der Waals surface area contributed by atoms with Crippen LogP contribution in [-0.2, 0) is 25.4 Å². The molecular formula is C35H52N2O4. The van der Waals surface area contributed by atoms with Crippen LogP contribution in [0.5, 0.6) is 0 Å². The van der Waals surface area contributed by atoms with E-state index in [9.17, 15) is 4.79 Å². The number of hydrogen-bond acceptors (Lipinski definition) is 6. The first-order valence-corrected chi connectivity index (χ1v) is 16.7. The maximum absolute atomic E-state index is 12.9. The number of esters is 1. The van der Waals surface area contributed by atoms with E-state index < -0.39 is 0 Å². The lowest BCUT2D eigenvalue weighted by atomic mass is 9.44. The molecule has 0 aromatic heterocycles. The molecule has 2 saturated heterocycles. The number of carbonyl (C=O) groups excluding carboxylic acids is 1. The summed E-state index contributed by atoms with van der Waals surface area (Å²) >= 11 is 0. The van der Waals surface area contributed by atoms with Gasteiger partial charge in [0.25, 0.3) is 0 Å². The van der Waals surface area contributed by atoms with Crippen molar-refractivity contribution < 1.29 is 19.0 Å². The molecule has 1 aromatic rings. The molecule has 6 nitrogen and oxygen atoms in total. The van der Waals surface area contributed by atoms with Crippen LogP contribution in [0.4, 0.5) is 11.4 Å². The number of nitrogens with two attached hydrogens (primary N) is 2. The Hall–Kier alpha value is -1.79. The molecule has 4 N–H and O–H groups in total. The van der Waals surface area contributed by atoms with Crippen molar-refractivity contribution in [2.75, 3.05) is 18.1 Å². The van der Waals surface area contributed by atoms with Gasteiger partial charge in [0.2, 0.25) is 0 Å². The van der Waals surface area contributed by atoms with Crippen LogP contribution in [0.3, 0.4) is 0 Å². The van der Waals surface area contributed by atoms with Gasteiger partial charge in [-0.05, 0) is 122 Å². The zero-order chi connectivity index (χ0) is 28.7. The highest BCUT2D eigenvalue weighted by Crippen LogP contribution is 2.71. The van der Waals surface area contributed by atoms with Crippen molar-refractivity contribution in [3.8, 4) is 0 Å². The van der Waals surface area contributed by atoms with E-state index in [0.717, 1.165) is 49.2 Å². The summed E-state index contributed by atoms with van der Waals surface area (Å²) in [4.78, 5) is 12.9. The van der Waals surface area contributed by atoms with E-state index in [1.54, 1.807) is 12.1 Å².